The monoisotopic (exact) mass is 217 g/mol. The molecule has 0 spiro atoms. The Hall–Kier alpha value is -1.83. The highest BCUT2D eigenvalue weighted by atomic mass is 15.2. The Morgan fingerprint density at radius 2 is 2.31 bits per heavy atom. The van der Waals surface area contributed by atoms with Crippen LogP contribution in [0.3, 0.4) is 0 Å². The summed E-state index contributed by atoms with van der Waals surface area (Å²) in [5.74, 6) is 2.02. The first-order chi connectivity index (χ1) is 7.70. The van der Waals surface area contributed by atoms with E-state index in [4.69, 9.17) is 11.0 Å². The van der Waals surface area contributed by atoms with Gasteiger partial charge in [-0.05, 0) is 19.8 Å². The van der Waals surface area contributed by atoms with Crippen LogP contribution in [0.15, 0.2) is 6.07 Å². The molecule has 2 N–H and O–H groups in total. The van der Waals surface area contributed by atoms with Crippen molar-refractivity contribution in [2.45, 2.75) is 32.2 Å². The van der Waals surface area contributed by atoms with Crippen molar-refractivity contribution in [3.8, 4) is 6.07 Å². The third kappa shape index (κ3) is 2.40. The number of anilines is 2. The molecule has 16 heavy (non-hydrogen) atoms. The molecular formula is C11H15N5. The number of hydrogen-bond donors (Lipinski definition) is 1. The number of nitriles is 1. The topological polar surface area (TPSA) is 78.8 Å². The van der Waals surface area contributed by atoms with Gasteiger partial charge in [-0.15, -0.1) is 0 Å². The van der Waals surface area contributed by atoms with E-state index in [9.17, 15) is 0 Å². The average molecular weight is 217 g/mol. The fourth-order valence-electron chi connectivity index (χ4n) is 1.76. The molecule has 5 heteroatoms. The van der Waals surface area contributed by atoms with E-state index in [1.807, 2.05) is 6.92 Å². The molecule has 0 unspecified atom stereocenters. The van der Waals surface area contributed by atoms with Gasteiger partial charge in [-0.2, -0.15) is 5.26 Å². The Kier molecular flexibility index (Phi) is 2.91. The lowest BCUT2D eigenvalue weighted by molar-refractivity contribution is 0.772. The Balaban J connectivity index is 2.20. The maximum absolute atomic E-state index is 8.64. The van der Waals surface area contributed by atoms with Crippen molar-refractivity contribution < 1.29 is 0 Å². The highest BCUT2D eigenvalue weighted by Crippen LogP contribution is 2.31. The van der Waals surface area contributed by atoms with Gasteiger partial charge in [0.25, 0.3) is 0 Å². The van der Waals surface area contributed by atoms with Crippen LogP contribution in [0.2, 0.25) is 0 Å². The van der Waals surface area contributed by atoms with Crippen molar-refractivity contribution >= 4 is 11.6 Å². The second-order valence-electron chi connectivity index (χ2n) is 4.03. The maximum atomic E-state index is 8.64. The smallest absolute Gasteiger partial charge is 0.134 e. The molecule has 1 saturated carbocycles. The number of aryl methyl sites for hydroxylation is 1. The van der Waals surface area contributed by atoms with Crippen molar-refractivity contribution in [1.82, 2.24) is 9.97 Å². The zero-order valence-corrected chi connectivity index (χ0v) is 9.35. The summed E-state index contributed by atoms with van der Waals surface area (Å²) in [6.45, 7) is 2.55. The summed E-state index contributed by atoms with van der Waals surface area (Å²) in [6, 6.07) is 4.47. The molecule has 84 valence electrons. The fraction of sp³-hybridized carbons (Fsp3) is 0.545. The van der Waals surface area contributed by atoms with Crippen LogP contribution in [0.5, 0.6) is 0 Å². The fourth-order valence-corrected chi connectivity index (χ4v) is 1.76. The zero-order chi connectivity index (χ0) is 11.5. The van der Waals surface area contributed by atoms with Crippen LogP contribution in [0.4, 0.5) is 11.6 Å². The van der Waals surface area contributed by atoms with Crippen LogP contribution >= 0.6 is 0 Å². The van der Waals surface area contributed by atoms with Gasteiger partial charge in [0.15, 0.2) is 0 Å². The first-order valence-electron chi connectivity index (χ1n) is 5.45. The third-order valence-electron chi connectivity index (χ3n) is 2.59. The highest BCUT2D eigenvalue weighted by molar-refractivity contribution is 5.48. The second kappa shape index (κ2) is 4.35. The van der Waals surface area contributed by atoms with E-state index >= 15 is 0 Å². The molecule has 0 aromatic carbocycles. The van der Waals surface area contributed by atoms with Crippen molar-refractivity contribution in [3.05, 3.63) is 11.9 Å². The summed E-state index contributed by atoms with van der Waals surface area (Å²) in [5, 5.41) is 8.64. The van der Waals surface area contributed by atoms with E-state index in [1.54, 1.807) is 6.07 Å². The number of nitrogens with zero attached hydrogens (tertiary/aromatic N) is 4. The summed E-state index contributed by atoms with van der Waals surface area (Å²) in [5.41, 5.74) is 5.70. The van der Waals surface area contributed by atoms with E-state index in [0.717, 1.165) is 12.4 Å². The quantitative estimate of drug-likeness (QED) is 0.821. The summed E-state index contributed by atoms with van der Waals surface area (Å²) in [6.07, 6.45) is 2.86. The minimum absolute atomic E-state index is 0.491. The van der Waals surface area contributed by atoms with Crippen molar-refractivity contribution in [2.75, 3.05) is 17.2 Å². The van der Waals surface area contributed by atoms with E-state index in [1.165, 1.54) is 12.8 Å². The molecule has 1 aliphatic carbocycles. The van der Waals surface area contributed by atoms with Gasteiger partial charge in [0.05, 0.1) is 12.5 Å². The van der Waals surface area contributed by atoms with Gasteiger partial charge in [-0.25, -0.2) is 9.97 Å². The minimum atomic E-state index is 0.491. The number of hydrogen-bond acceptors (Lipinski definition) is 5. The summed E-state index contributed by atoms with van der Waals surface area (Å²) >= 11 is 0. The Morgan fingerprint density at radius 1 is 1.56 bits per heavy atom. The van der Waals surface area contributed by atoms with Gasteiger partial charge in [0.1, 0.15) is 17.5 Å². The van der Waals surface area contributed by atoms with Crippen LogP contribution < -0.4 is 10.6 Å². The predicted octanol–water partition coefficient (Wildman–Crippen LogP) is 1.25. The molecule has 0 radical (unpaired) electrons. The number of nitrogens with two attached hydrogens (primary N) is 1. The highest BCUT2D eigenvalue weighted by Gasteiger charge is 2.29. The van der Waals surface area contributed by atoms with Crippen LogP contribution in [0.25, 0.3) is 0 Å². The van der Waals surface area contributed by atoms with Crippen molar-refractivity contribution in [3.63, 3.8) is 0 Å². The third-order valence-corrected chi connectivity index (χ3v) is 2.59. The molecule has 0 amide bonds. The molecule has 0 saturated heterocycles. The molecular weight excluding hydrogens is 202 g/mol. The van der Waals surface area contributed by atoms with E-state index in [0.29, 0.717) is 24.1 Å². The second-order valence-corrected chi connectivity index (χ2v) is 4.03. The standard InChI is InChI=1S/C11H15N5/c1-8-14-10(13)7-11(15-8)16(6-2-5-12)9-3-4-9/h7,9H,2-4,6H2,1H3,(H2,13,14,15). The molecule has 1 heterocycles. The lowest BCUT2D eigenvalue weighted by atomic mass is 10.3. The molecule has 5 nitrogen and oxygen atoms in total. The molecule has 2 rings (SSSR count). The van der Waals surface area contributed by atoms with Crippen molar-refractivity contribution in [1.29, 1.82) is 5.26 Å². The number of aromatic nitrogens is 2. The lowest BCUT2D eigenvalue weighted by Gasteiger charge is -2.22. The van der Waals surface area contributed by atoms with Crippen LogP contribution in [-0.2, 0) is 0 Å². The summed E-state index contributed by atoms with van der Waals surface area (Å²) < 4.78 is 0. The van der Waals surface area contributed by atoms with E-state index < -0.39 is 0 Å². The SMILES string of the molecule is Cc1nc(N)cc(N(CCC#N)C2CC2)n1. The average Bonchev–Trinajstić information content (AvgIpc) is 3.01. The van der Waals surface area contributed by atoms with Crippen LogP contribution in [-0.4, -0.2) is 22.6 Å². The predicted molar refractivity (Wildman–Crippen MR) is 61.8 cm³/mol. The Labute approximate surface area is 94.9 Å². The van der Waals surface area contributed by atoms with Gasteiger partial charge in [0, 0.05) is 18.7 Å². The van der Waals surface area contributed by atoms with Gasteiger partial charge >= 0.3 is 0 Å². The van der Waals surface area contributed by atoms with Crippen LogP contribution in [0.1, 0.15) is 25.1 Å². The van der Waals surface area contributed by atoms with Gasteiger partial charge < -0.3 is 10.6 Å². The van der Waals surface area contributed by atoms with E-state index in [-0.39, 0.29) is 0 Å². The van der Waals surface area contributed by atoms with Gasteiger partial charge in [0.2, 0.25) is 0 Å². The maximum Gasteiger partial charge on any atom is 0.134 e. The van der Waals surface area contributed by atoms with Crippen molar-refractivity contribution in [2.24, 2.45) is 0 Å². The molecule has 1 aromatic rings. The summed E-state index contributed by atoms with van der Waals surface area (Å²) in [7, 11) is 0. The molecule has 1 fully saturated rings. The first-order valence-corrected chi connectivity index (χ1v) is 5.45. The molecule has 1 aliphatic rings. The Morgan fingerprint density at radius 3 is 2.88 bits per heavy atom. The van der Waals surface area contributed by atoms with E-state index in [2.05, 4.69) is 20.9 Å². The largest absolute Gasteiger partial charge is 0.384 e. The van der Waals surface area contributed by atoms with Crippen LogP contribution in [0, 0.1) is 18.3 Å². The summed E-state index contributed by atoms with van der Waals surface area (Å²) in [4.78, 5) is 10.6. The number of rotatable bonds is 4. The molecule has 0 atom stereocenters. The minimum Gasteiger partial charge on any atom is -0.384 e. The Bertz CT molecular complexity index is 399. The number of nitrogen functional groups attached to an aromatic ring is 1. The first kappa shape index (κ1) is 10.7. The zero-order valence-electron chi connectivity index (χ0n) is 9.35. The molecule has 1 aromatic heterocycles. The lowest BCUT2D eigenvalue weighted by Crippen LogP contribution is -2.28. The normalized spacial score (nSPS) is 14.5. The van der Waals surface area contributed by atoms with Gasteiger partial charge in [-0.1, -0.05) is 0 Å². The van der Waals surface area contributed by atoms with Gasteiger partial charge in [-0.3, -0.25) is 0 Å². The molecule has 0 bridgehead atoms. The molecule has 0 aliphatic heterocycles.